The fraction of sp³-hybridized carbons (Fsp3) is 0.0667. The van der Waals surface area contributed by atoms with E-state index in [1.807, 2.05) is 0 Å². The predicted molar refractivity (Wildman–Crippen MR) is 71.3 cm³/mol. The lowest BCUT2D eigenvalue weighted by Crippen LogP contribution is -1.96. The van der Waals surface area contributed by atoms with Crippen molar-refractivity contribution in [1.82, 2.24) is 0 Å². The van der Waals surface area contributed by atoms with Crippen molar-refractivity contribution in [1.29, 1.82) is 0 Å². The van der Waals surface area contributed by atoms with Gasteiger partial charge in [0.1, 0.15) is 5.82 Å². The molecule has 0 saturated carbocycles. The molecule has 0 heterocycles. The van der Waals surface area contributed by atoms with Crippen LogP contribution in [0.3, 0.4) is 0 Å². The van der Waals surface area contributed by atoms with Gasteiger partial charge in [0.05, 0.1) is 0 Å². The van der Waals surface area contributed by atoms with Crippen LogP contribution in [0.1, 0.15) is 11.1 Å². The molecule has 104 valence electrons. The van der Waals surface area contributed by atoms with Crippen LogP contribution in [-0.2, 0) is 0 Å². The van der Waals surface area contributed by atoms with Gasteiger partial charge in [0.2, 0.25) is 0 Å². The van der Waals surface area contributed by atoms with E-state index in [0.717, 1.165) is 12.1 Å². The third kappa shape index (κ3) is 3.02. The van der Waals surface area contributed by atoms with Gasteiger partial charge in [0, 0.05) is 11.4 Å². The Morgan fingerprint density at radius 1 is 0.950 bits per heavy atom. The molecule has 0 amide bonds. The molecule has 2 aromatic rings. The molecule has 2 rings (SSSR count). The molecule has 0 unspecified atom stereocenters. The fourth-order valence-corrected chi connectivity index (χ4v) is 1.95. The Kier molecular flexibility index (Phi) is 4.45. The summed E-state index contributed by atoms with van der Waals surface area (Å²) < 4.78 is 52.8. The largest absolute Gasteiger partial charge is 0.206 e. The second-order valence-electron chi connectivity index (χ2n) is 4.08. The Bertz CT molecular complexity index is 642. The first-order valence-corrected chi connectivity index (χ1v) is 6.22. The highest BCUT2D eigenvalue weighted by atomic mass is 35.5. The molecule has 0 saturated heterocycles. The Hall–Kier alpha value is -1.81. The highest BCUT2D eigenvalue weighted by Gasteiger charge is 2.13. The van der Waals surface area contributed by atoms with Crippen molar-refractivity contribution in [2.24, 2.45) is 0 Å². The summed E-state index contributed by atoms with van der Waals surface area (Å²) in [7, 11) is 0. The maximum Gasteiger partial charge on any atom is 0.194 e. The molecule has 0 spiro atoms. The van der Waals surface area contributed by atoms with Gasteiger partial charge in [-0.1, -0.05) is 18.2 Å². The SMILES string of the molecule is Fc1ccccc1/C=C(\CCl)c1cc(F)c(F)c(F)c1. The zero-order chi connectivity index (χ0) is 14.7. The van der Waals surface area contributed by atoms with Gasteiger partial charge in [0.15, 0.2) is 17.5 Å². The maximum absolute atomic E-state index is 13.5. The molecule has 0 aliphatic heterocycles. The Balaban J connectivity index is 2.51. The smallest absolute Gasteiger partial charge is 0.194 e. The molecule has 0 aromatic heterocycles. The number of benzene rings is 2. The summed E-state index contributed by atoms with van der Waals surface area (Å²) >= 11 is 5.72. The summed E-state index contributed by atoms with van der Waals surface area (Å²) in [4.78, 5) is 0. The monoisotopic (exact) mass is 300 g/mol. The zero-order valence-electron chi connectivity index (χ0n) is 10.1. The maximum atomic E-state index is 13.5. The summed E-state index contributed by atoms with van der Waals surface area (Å²) in [6, 6.07) is 7.54. The Morgan fingerprint density at radius 3 is 2.10 bits per heavy atom. The van der Waals surface area contributed by atoms with Crippen LogP contribution in [-0.4, -0.2) is 5.88 Å². The third-order valence-corrected chi connectivity index (χ3v) is 3.02. The van der Waals surface area contributed by atoms with Gasteiger partial charge in [-0.2, -0.15) is 0 Å². The van der Waals surface area contributed by atoms with Crippen LogP contribution in [0.2, 0.25) is 0 Å². The number of rotatable bonds is 3. The van der Waals surface area contributed by atoms with Crippen LogP contribution >= 0.6 is 11.6 Å². The Labute approximate surface area is 118 Å². The third-order valence-electron chi connectivity index (χ3n) is 2.73. The number of alkyl halides is 1. The normalized spacial score (nSPS) is 11.8. The molecule has 0 N–H and O–H groups in total. The second kappa shape index (κ2) is 6.09. The molecule has 0 radical (unpaired) electrons. The first-order valence-electron chi connectivity index (χ1n) is 5.69. The van der Waals surface area contributed by atoms with E-state index in [4.69, 9.17) is 11.6 Å². The lowest BCUT2D eigenvalue weighted by molar-refractivity contribution is 0.446. The molecule has 0 atom stereocenters. The van der Waals surface area contributed by atoms with Gasteiger partial charge >= 0.3 is 0 Å². The molecule has 0 nitrogen and oxygen atoms in total. The van der Waals surface area contributed by atoms with Crippen molar-refractivity contribution in [2.75, 3.05) is 5.88 Å². The highest BCUT2D eigenvalue weighted by molar-refractivity contribution is 6.24. The topological polar surface area (TPSA) is 0 Å². The van der Waals surface area contributed by atoms with Crippen molar-refractivity contribution in [3.05, 3.63) is 70.8 Å². The zero-order valence-corrected chi connectivity index (χ0v) is 10.9. The first-order chi connectivity index (χ1) is 9.52. The summed E-state index contributed by atoms with van der Waals surface area (Å²) in [5.74, 6) is -4.76. The van der Waals surface area contributed by atoms with Gasteiger partial charge in [0.25, 0.3) is 0 Å². The van der Waals surface area contributed by atoms with Gasteiger partial charge in [-0.25, -0.2) is 17.6 Å². The van der Waals surface area contributed by atoms with Crippen LogP contribution in [0.25, 0.3) is 11.6 Å². The van der Waals surface area contributed by atoms with Gasteiger partial charge in [-0.15, -0.1) is 11.6 Å². The average Bonchev–Trinajstić information content (AvgIpc) is 2.43. The van der Waals surface area contributed by atoms with Crippen molar-refractivity contribution in [3.8, 4) is 0 Å². The number of hydrogen-bond donors (Lipinski definition) is 0. The highest BCUT2D eigenvalue weighted by Crippen LogP contribution is 2.24. The molecular formula is C15H9ClF4. The molecule has 0 aliphatic carbocycles. The second-order valence-corrected chi connectivity index (χ2v) is 4.35. The van der Waals surface area contributed by atoms with Crippen LogP contribution in [0.5, 0.6) is 0 Å². The lowest BCUT2D eigenvalue weighted by atomic mass is 10.0. The van der Waals surface area contributed by atoms with E-state index >= 15 is 0 Å². The van der Waals surface area contributed by atoms with Crippen molar-refractivity contribution in [3.63, 3.8) is 0 Å². The number of halogens is 5. The van der Waals surface area contributed by atoms with Crippen LogP contribution in [0.15, 0.2) is 36.4 Å². The first kappa shape index (κ1) is 14.6. The summed E-state index contributed by atoms with van der Waals surface area (Å²) in [6.45, 7) is 0. The number of allylic oxidation sites excluding steroid dienone is 1. The minimum absolute atomic E-state index is 0.0691. The standard InChI is InChI=1S/C15H9ClF4/c16-8-11(5-9-3-1-2-4-12(9)17)10-6-13(18)15(20)14(19)7-10/h1-7H,8H2/b11-5+. The average molecular weight is 301 g/mol. The Morgan fingerprint density at radius 2 is 1.55 bits per heavy atom. The number of hydrogen-bond acceptors (Lipinski definition) is 0. The lowest BCUT2D eigenvalue weighted by Gasteiger charge is -2.07. The molecule has 5 heteroatoms. The van der Waals surface area contributed by atoms with Gasteiger partial charge in [-0.05, 0) is 35.4 Å². The van der Waals surface area contributed by atoms with E-state index in [1.165, 1.54) is 24.3 Å². The van der Waals surface area contributed by atoms with Crippen LogP contribution < -0.4 is 0 Å². The van der Waals surface area contributed by atoms with Crippen molar-refractivity contribution >= 4 is 23.3 Å². The van der Waals surface area contributed by atoms with Gasteiger partial charge in [-0.3, -0.25) is 0 Å². The predicted octanol–water partition coefficient (Wildman–Crippen LogP) is 5.02. The summed E-state index contributed by atoms with van der Waals surface area (Å²) in [5, 5.41) is 0. The molecule has 0 aliphatic rings. The molecular weight excluding hydrogens is 292 g/mol. The van der Waals surface area contributed by atoms with Crippen LogP contribution in [0, 0.1) is 23.3 Å². The minimum atomic E-state index is -1.55. The van der Waals surface area contributed by atoms with E-state index in [2.05, 4.69) is 0 Å². The molecule has 0 bridgehead atoms. The van der Waals surface area contributed by atoms with E-state index < -0.39 is 23.3 Å². The van der Waals surface area contributed by atoms with Gasteiger partial charge < -0.3 is 0 Å². The minimum Gasteiger partial charge on any atom is -0.206 e. The van der Waals surface area contributed by atoms with Crippen LogP contribution in [0.4, 0.5) is 17.6 Å². The van der Waals surface area contributed by atoms with Crippen molar-refractivity contribution in [2.45, 2.75) is 0 Å². The molecule has 0 fully saturated rings. The fourth-order valence-electron chi connectivity index (χ4n) is 1.72. The van der Waals surface area contributed by atoms with E-state index in [0.29, 0.717) is 0 Å². The van der Waals surface area contributed by atoms with E-state index in [-0.39, 0.29) is 22.6 Å². The summed E-state index contributed by atoms with van der Waals surface area (Å²) in [5.41, 5.74) is 0.586. The van der Waals surface area contributed by atoms with E-state index in [9.17, 15) is 17.6 Å². The van der Waals surface area contributed by atoms with E-state index in [1.54, 1.807) is 6.07 Å². The van der Waals surface area contributed by atoms with Crippen molar-refractivity contribution < 1.29 is 17.6 Å². The molecule has 20 heavy (non-hydrogen) atoms. The quantitative estimate of drug-likeness (QED) is 0.323. The summed E-state index contributed by atoms with van der Waals surface area (Å²) in [6.07, 6.45) is 1.37. The molecule has 2 aromatic carbocycles.